The smallest absolute Gasteiger partial charge is 0.167 e. The van der Waals surface area contributed by atoms with Crippen molar-refractivity contribution in [1.29, 1.82) is 0 Å². The summed E-state index contributed by atoms with van der Waals surface area (Å²) >= 11 is 5.66. The van der Waals surface area contributed by atoms with Crippen LogP contribution < -0.4 is 10.6 Å². The van der Waals surface area contributed by atoms with E-state index in [0.29, 0.717) is 6.04 Å². The van der Waals surface area contributed by atoms with Gasteiger partial charge in [0.15, 0.2) is 5.11 Å². The third-order valence-corrected chi connectivity index (χ3v) is 5.83. The van der Waals surface area contributed by atoms with Crippen molar-refractivity contribution in [3.8, 4) is 0 Å². The predicted molar refractivity (Wildman–Crippen MR) is 103 cm³/mol. The summed E-state index contributed by atoms with van der Waals surface area (Å²) in [4.78, 5) is 0. The van der Waals surface area contributed by atoms with Gasteiger partial charge in [-0.15, -0.1) is 0 Å². The number of rotatable bonds is 4. The molecule has 2 N–H and O–H groups in total. The lowest BCUT2D eigenvalue weighted by atomic mass is 9.95. The van der Waals surface area contributed by atoms with E-state index in [4.69, 9.17) is 12.2 Å². The van der Waals surface area contributed by atoms with Crippen LogP contribution in [0.3, 0.4) is 0 Å². The summed E-state index contributed by atoms with van der Waals surface area (Å²) in [6, 6.07) is 21.7. The van der Waals surface area contributed by atoms with Gasteiger partial charge in [0, 0.05) is 6.04 Å². The van der Waals surface area contributed by atoms with Crippen LogP contribution in [0.2, 0.25) is 0 Å². The third kappa shape index (κ3) is 3.32. The monoisotopic (exact) mass is 336 g/mol. The minimum absolute atomic E-state index is 0.0889. The summed E-state index contributed by atoms with van der Waals surface area (Å²) in [6.07, 6.45) is 5.46. The molecule has 0 amide bonds. The number of hydrogen-bond acceptors (Lipinski definition) is 1. The van der Waals surface area contributed by atoms with Crippen molar-refractivity contribution in [3.63, 3.8) is 0 Å². The fourth-order valence-electron chi connectivity index (χ4n) is 4.41. The van der Waals surface area contributed by atoms with Gasteiger partial charge >= 0.3 is 0 Å². The molecular weight excluding hydrogens is 312 g/mol. The second-order valence-electron chi connectivity index (χ2n) is 7.15. The molecule has 3 heteroatoms. The molecule has 0 unspecified atom stereocenters. The van der Waals surface area contributed by atoms with Crippen molar-refractivity contribution in [2.75, 3.05) is 0 Å². The lowest BCUT2D eigenvalue weighted by Gasteiger charge is -2.27. The van der Waals surface area contributed by atoms with Gasteiger partial charge in [-0.05, 0) is 54.4 Å². The Morgan fingerprint density at radius 2 is 1.50 bits per heavy atom. The highest BCUT2D eigenvalue weighted by molar-refractivity contribution is 7.80. The molecule has 2 aromatic carbocycles. The summed E-state index contributed by atoms with van der Waals surface area (Å²) < 4.78 is 0. The minimum atomic E-state index is 0.0889. The van der Waals surface area contributed by atoms with Crippen LogP contribution in [0.1, 0.15) is 42.9 Å². The first-order valence-electron chi connectivity index (χ1n) is 8.96. The Kier molecular flexibility index (Phi) is 4.52. The van der Waals surface area contributed by atoms with Gasteiger partial charge in [-0.3, -0.25) is 0 Å². The molecule has 24 heavy (non-hydrogen) atoms. The first kappa shape index (κ1) is 15.6. The molecule has 0 aliphatic heterocycles. The Bertz CT molecular complexity index is 646. The van der Waals surface area contributed by atoms with E-state index in [9.17, 15) is 0 Å². The summed E-state index contributed by atoms with van der Waals surface area (Å²) in [5, 5.41) is 7.94. The van der Waals surface area contributed by atoms with Crippen LogP contribution >= 0.6 is 12.2 Å². The number of benzene rings is 2. The number of hydrogen-bond donors (Lipinski definition) is 2. The van der Waals surface area contributed by atoms with Gasteiger partial charge < -0.3 is 10.6 Å². The minimum Gasteiger partial charge on any atom is -0.360 e. The van der Waals surface area contributed by atoms with Gasteiger partial charge in [0.1, 0.15) is 0 Å². The second-order valence-corrected chi connectivity index (χ2v) is 7.56. The maximum atomic E-state index is 5.66. The lowest BCUT2D eigenvalue weighted by molar-refractivity contribution is 0.388. The second kappa shape index (κ2) is 6.94. The first-order chi connectivity index (χ1) is 11.8. The highest BCUT2D eigenvalue weighted by Crippen LogP contribution is 2.44. The fourth-order valence-corrected chi connectivity index (χ4v) is 4.68. The van der Waals surface area contributed by atoms with Crippen molar-refractivity contribution >= 4 is 17.3 Å². The Balaban J connectivity index is 1.48. The summed E-state index contributed by atoms with van der Waals surface area (Å²) in [5.41, 5.74) is 2.47. The van der Waals surface area contributed by atoms with Gasteiger partial charge in [0.2, 0.25) is 0 Å². The molecule has 2 fully saturated rings. The van der Waals surface area contributed by atoms with Gasteiger partial charge in [0.05, 0.1) is 6.04 Å². The van der Waals surface area contributed by atoms with E-state index in [1.807, 2.05) is 0 Å². The van der Waals surface area contributed by atoms with Crippen LogP contribution in [0.4, 0.5) is 0 Å². The highest BCUT2D eigenvalue weighted by atomic mass is 32.1. The zero-order chi connectivity index (χ0) is 16.4. The molecule has 2 nitrogen and oxygen atoms in total. The van der Waals surface area contributed by atoms with Gasteiger partial charge in [-0.1, -0.05) is 67.1 Å². The molecule has 0 radical (unpaired) electrons. The van der Waals surface area contributed by atoms with E-state index in [1.54, 1.807) is 0 Å². The first-order valence-corrected chi connectivity index (χ1v) is 9.37. The number of nitrogens with one attached hydrogen (secondary N) is 2. The molecule has 2 bridgehead atoms. The standard InChI is InChI=1S/C21H24N2S/c24-21(22-19-14-15-11-12-18(19)13-15)23-20(16-7-3-1-4-8-16)17-9-5-2-6-10-17/h1-10,15,18-20H,11-14H2,(H2,22,23,24)/t15-,18-,19+/m1/s1. The van der Waals surface area contributed by atoms with Gasteiger partial charge in [-0.2, -0.15) is 0 Å². The van der Waals surface area contributed by atoms with Crippen molar-refractivity contribution < 1.29 is 0 Å². The van der Waals surface area contributed by atoms with E-state index < -0.39 is 0 Å². The molecule has 2 aromatic rings. The maximum Gasteiger partial charge on any atom is 0.167 e. The van der Waals surface area contributed by atoms with E-state index in [1.165, 1.54) is 36.8 Å². The SMILES string of the molecule is S=C(NC(c1ccccc1)c1ccccc1)N[C@H]1C[C@@H]2CC[C@@H]1C2. The molecule has 2 aliphatic rings. The Labute approximate surface area is 149 Å². The zero-order valence-corrected chi connectivity index (χ0v) is 14.6. The molecule has 124 valence electrons. The molecule has 2 aliphatic carbocycles. The third-order valence-electron chi connectivity index (χ3n) is 5.60. The van der Waals surface area contributed by atoms with Gasteiger partial charge in [0.25, 0.3) is 0 Å². The molecule has 3 atom stereocenters. The Morgan fingerprint density at radius 1 is 0.875 bits per heavy atom. The fraction of sp³-hybridized carbons (Fsp3) is 0.381. The molecule has 0 spiro atoms. The average molecular weight is 337 g/mol. The van der Waals surface area contributed by atoms with Crippen molar-refractivity contribution in [1.82, 2.24) is 10.6 Å². The molecule has 0 heterocycles. The van der Waals surface area contributed by atoms with Crippen molar-refractivity contribution in [2.45, 2.75) is 37.8 Å². The van der Waals surface area contributed by atoms with Crippen molar-refractivity contribution in [2.24, 2.45) is 11.8 Å². The average Bonchev–Trinajstić information content (AvgIpc) is 3.24. The lowest BCUT2D eigenvalue weighted by Crippen LogP contribution is -2.45. The predicted octanol–water partition coefficient (Wildman–Crippen LogP) is 4.43. The molecular formula is C21H24N2S. The summed E-state index contributed by atoms with van der Waals surface area (Å²) in [7, 11) is 0. The van der Waals surface area contributed by atoms with Crippen LogP contribution in [0.15, 0.2) is 60.7 Å². The number of thiocarbonyl (C=S) groups is 1. The van der Waals surface area contributed by atoms with E-state index in [0.717, 1.165) is 16.9 Å². The van der Waals surface area contributed by atoms with E-state index >= 15 is 0 Å². The summed E-state index contributed by atoms with van der Waals surface area (Å²) in [6.45, 7) is 0. The Hall–Kier alpha value is -1.87. The van der Waals surface area contributed by atoms with E-state index in [-0.39, 0.29) is 6.04 Å². The summed E-state index contributed by atoms with van der Waals surface area (Å²) in [5.74, 6) is 1.75. The number of fused-ring (bicyclic) bond motifs is 2. The van der Waals surface area contributed by atoms with Crippen molar-refractivity contribution in [3.05, 3.63) is 71.8 Å². The molecule has 4 rings (SSSR count). The van der Waals surface area contributed by atoms with E-state index in [2.05, 4.69) is 71.3 Å². The van der Waals surface area contributed by atoms with Crippen LogP contribution in [0.25, 0.3) is 0 Å². The normalized spacial score (nSPS) is 25.0. The molecule has 2 saturated carbocycles. The van der Waals surface area contributed by atoms with Crippen LogP contribution in [0.5, 0.6) is 0 Å². The quantitative estimate of drug-likeness (QED) is 0.808. The maximum absolute atomic E-state index is 5.66. The zero-order valence-electron chi connectivity index (χ0n) is 13.8. The van der Waals surface area contributed by atoms with Crippen LogP contribution in [-0.2, 0) is 0 Å². The van der Waals surface area contributed by atoms with Gasteiger partial charge in [-0.25, -0.2) is 0 Å². The van der Waals surface area contributed by atoms with Crippen LogP contribution in [-0.4, -0.2) is 11.2 Å². The molecule has 0 saturated heterocycles. The largest absolute Gasteiger partial charge is 0.360 e. The topological polar surface area (TPSA) is 24.1 Å². The Morgan fingerprint density at radius 3 is 2.00 bits per heavy atom. The molecule has 0 aromatic heterocycles. The highest BCUT2D eigenvalue weighted by Gasteiger charge is 2.39. The van der Waals surface area contributed by atoms with Crippen LogP contribution in [0, 0.1) is 11.8 Å².